The van der Waals surface area contributed by atoms with Gasteiger partial charge >= 0.3 is 0 Å². The highest BCUT2D eigenvalue weighted by molar-refractivity contribution is 7.64. The molecule has 0 atom stereocenters. The lowest BCUT2D eigenvalue weighted by Gasteiger charge is -2.23. The third-order valence-electron chi connectivity index (χ3n) is 6.45. The Hall–Kier alpha value is -2.88. The molecule has 0 unspecified atom stereocenters. The monoisotopic (exact) mass is 457 g/mol. The molecule has 0 aliphatic carbocycles. The lowest BCUT2D eigenvalue weighted by molar-refractivity contribution is 0.360. The van der Waals surface area contributed by atoms with Crippen LogP contribution in [0.5, 0.6) is 0 Å². The number of rotatable bonds is 5. The van der Waals surface area contributed by atoms with Crippen LogP contribution in [0.3, 0.4) is 0 Å². The third-order valence-corrected chi connectivity index (χ3v) is 7.80. The number of nitrogens with zero attached hydrogens (tertiary/aromatic N) is 3. The zero-order valence-corrected chi connectivity index (χ0v) is 20.6. The average molecular weight is 458 g/mol. The van der Waals surface area contributed by atoms with Gasteiger partial charge in [0.25, 0.3) is 0 Å². The van der Waals surface area contributed by atoms with Crippen LogP contribution in [0.1, 0.15) is 6.42 Å². The van der Waals surface area contributed by atoms with Crippen molar-refractivity contribution in [3.05, 3.63) is 66.9 Å². The molecule has 0 radical (unpaired) electrons. The summed E-state index contributed by atoms with van der Waals surface area (Å²) in [5.74, 6) is 0. The van der Waals surface area contributed by atoms with E-state index in [-0.39, 0.29) is 7.92 Å². The second-order valence-corrected chi connectivity index (χ2v) is 11.3. The number of likely N-dealkylation sites (N-methyl/N-ethyl adjacent to an activating group) is 1. The molecule has 2 aromatic heterocycles. The molecule has 0 amide bonds. The van der Waals surface area contributed by atoms with Gasteiger partial charge in [-0.3, -0.25) is 0 Å². The van der Waals surface area contributed by atoms with E-state index in [0.29, 0.717) is 0 Å². The normalized spacial score (nSPS) is 15.2. The number of anilines is 3. The molecule has 1 fully saturated rings. The maximum atomic E-state index is 4.59. The zero-order valence-electron chi connectivity index (χ0n) is 19.7. The van der Waals surface area contributed by atoms with Gasteiger partial charge in [0.2, 0.25) is 0 Å². The summed E-state index contributed by atoms with van der Waals surface area (Å²) in [5.41, 5.74) is 6.74. The maximum absolute atomic E-state index is 4.59. The first-order valence-corrected chi connectivity index (χ1v) is 13.9. The van der Waals surface area contributed by atoms with Gasteiger partial charge in [-0.2, -0.15) is 0 Å². The molecule has 3 heterocycles. The van der Waals surface area contributed by atoms with E-state index in [0.717, 1.165) is 42.0 Å². The van der Waals surface area contributed by atoms with E-state index in [1.807, 2.05) is 6.20 Å². The minimum absolute atomic E-state index is 0.192. The van der Waals surface area contributed by atoms with Crippen LogP contribution in [-0.2, 0) is 0 Å². The fourth-order valence-corrected chi connectivity index (χ4v) is 5.56. The molecule has 1 aliphatic heterocycles. The predicted octanol–water partition coefficient (Wildman–Crippen LogP) is 5.48. The van der Waals surface area contributed by atoms with Crippen molar-refractivity contribution in [2.75, 3.05) is 56.8 Å². The first kappa shape index (κ1) is 21.9. The Labute approximate surface area is 197 Å². The van der Waals surface area contributed by atoms with Gasteiger partial charge in [-0.25, -0.2) is 4.98 Å². The number of benzene rings is 2. The molecule has 4 aromatic rings. The molecule has 170 valence electrons. The second-order valence-electron chi connectivity index (χ2n) is 9.03. The van der Waals surface area contributed by atoms with Crippen molar-refractivity contribution in [3.63, 3.8) is 0 Å². The molecule has 1 saturated heterocycles. The van der Waals surface area contributed by atoms with E-state index in [1.54, 1.807) is 0 Å². The summed E-state index contributed by atoms with van der Waals surface area (Å²) in [6, 6.07) is 21.8. The highest BCUT2D eigenvalue weighted by atomic mass is 31.1. The van der Waals surface area contributed by atoms with E-state index in [9.17, 15) is 0 Å². The Morgan fingerprint density at radius 3 is 2.55 bits per heavy atom. The Kier molecular flexibility index (Phi) is 6.34. The van der Waals surface area contributed by atoms with Gasteiger partial charge < -0.3 is 20.1 Å². The van der Waals surface area contributed by atoms with Crippen LogP contribution in [0.2, 0.25) is 0 Å². The first-order chi connectivity index (χ1) is 16.1. The number of nitrogens with one attached hydrogen (secondary N) is 2. The van der Waals surface area contributed by atoms with Gasteiger partial charge in [-0.1, -0.05) is 38.3 Å². The highest BCUT2D eigenvalue weighted by Gasteiger charge is 2.14. The summed E-state index contributed by atoms with van der Waals surface area (Å²) in [4.78, 5) is 13.0. The minimum atomic E-state index is -0.192. The van der Waals surface area contributed by atoms with E-state index >= 15 is 0 Å². The SMILES string of the molecule is CN1CCCN(c2ccc(-c3cc4c(Nc5ccccc5P(C)C)ccnc4[nH]3)cc2)CC1. The molecule has 33 heavy (non-hydrogen) atoms. The quantitative estimate of drug-likeness (QED) is 0.390. The summed E-state index contributed by atoms with van der Waals surface area (Å²) in [5, 5.41) is 6.16. The summed E-state index contributed by atoms with van der Waals surface area (Å²) in [7, 11) is 2.02. The molecule has 1 aliphatic rings. The number of H-pyrrole nitrogens is 1. The van der Waals surface area contributed by atoms with Gasteiger partial charge in [-0.15, -0.1) is 0 Å². The summed E-state index contributed by atoms with van der Waals surface area (Å²) in [6.45, 7) is 9.08. The fourth-order valence-electron chi connectivity index (χ4n) is 4.56. The molecule has 5 nitrogen and oxygen atoms in total. The lowest BCUT2D eigenvalue weighted by atomic mass is 10.1. The Bertz CT molecular complexity index is 1230. The van der Waals surface area contributed by atoms with Crippen molar-refractivity contribution in [1.82, 2.24) is 14.9 Å². The smallest absolute Gasteiger partial charge is 0.139 e. The average Bonchev–Trinajstić information content (AvgIpc) is 3.15. The van der Waals surface area contributed by atoms with E-state index in [1.165, 1.54) is 35.2 Å². The molecule has 2 aromatic carbocycles. The van der Waals surface area contributed by atoms with Crippen LogP contribution in [-0.4, -0.2) is 61.4 Å². The number of hydrogen-bond acceptors (Lipinski definition) is 4. The first-order valence-electron chi connectivity index (χ1n) is 11.6. The number of aromatic amines is 1. The standard InChI is InChI=1S/C27H32N5P/c1-31-15-6-16-32(18-17-31)21-11-9-20(10-12-21)25-19-22-23(13-14-28-27(22)30-25)29-24-7-4-5-8-26(24)33(2)3/h4-5,7-14,19H,6,15-18H2,1-3H3,(H2,28,29,30). The molecule has 0 spiro atoms. The van der Waals surface area contributed by atoms with Crippen molar-refractivity contribution in [2.45, 2.75) is 6.42 Å². The molecule has 5 rings (SSSR count). The van der Waals surface area contributed by atoms with Crippen molar-refractivity contribution >= 4 is 41.3 Å². The van der Waals surface area contributed by atoms with Crippen molar-refractivity contribution in [3.8, 4) is 11.3 Å². The van der Waals surface area contributed by atoms with Crippen LogP contribution in [0.25, 0.3) is 22.3 Å². The Morgan fingerprint density at radius 1 is 0.909 bits per heavy atom. The third kappa shape index (κ3) is 4.75. The molecule has 6 heteroatoms. The van der Waals surface area contributed by atoms with E-state index < -0.39 is 0 Å². The number of hydrogen-bond donors (Lipinski definition) is 2. The van der Waals surface area contributed by atoms with Crippen LogP contribution in [0, 0.1) is 0 Å². The Balaban J connectivity index is 1.41. The van der Waals surface area contributed by atoms with Crippen molar-refractivity contribution in [2.24, 2.45) is 0 Å². The van der Waals surface area contributed by atoms with Crippen molar-refractivity contribution < 1.29 is 0 Å². The van der Waals surface area contributed by atoms with Gasteiger partial charge in [0, 0.05) is 48.3 Å². The zero-order chi connectivity index (χ0) is 22.8. The summed E-state index contributed by atoms with van der Waals surface area (Å²) >= 11 is 0. The second kappa shape index (κ2) is 9.54. The van der Waals surface area contributed by atoms with Crippen molar-refractivity contribution in [1.29, 1.82) is 0 Å². The number of aromatic nitrogens is 2. The molecular formula is C27H32N5P. The molecular weight excluding hydrogens is 425 g/mol. The van der Waals surface area contributed by atoms with Crippen LogP contribution < -0.4 is 15.5 Å². The van der Waals surface area contributed by atoms with Crippen LogP contribution >= 0.6 is 7.92 Å². The fraction of sp³-hybridized carbons (Fsp3) is 0.296. The predicted molar refractivity (Wildman–Crippen MR) is 144 cm³/mol. The summed E-state index contributed by atoms with van der Waals surface area (Å²) < 4.78 is 0. The minimum Gasteiger partial charge on any atom is -0.370 e. The highest BCUT2D eigenvalue weighted by Crippen LogP contribution is 2.33. The number of fused-ring (bicyclic) bond motifs is 1. The molecule has 0 saturated carbocycles. The van der Waals surface area contributed by atoms with Gasteiger partial charge in [0.05, 0.1) is 5.69 Å². The maximum Gasteiger partial charge on any atom is 0.139 e. The number of pyridine rings is 1. The van der Waals surface area contributed by atoms with Crippen LogP contribution in [0.15, 0.2) is 66.9 Å². The lowest BCUT2D eigenvalue weighted by Crippen LogP contribution is -2.28. The van der Waals surface area contributed by atoms with E-state index in [4.69, 9.17) is 0 Å². The van der Waals surface area contributed by atoms with E-state index in [2.05, 4.69) is 106 Å². The van der Waals surface area contributed by atoms with Gasteiger partial charge in [0.15, 0.2) is 0 Å². The Morgan fingerprint density at radius 2 is 1.73 bits per heavy atom. The summed E-state index contributed by atoms with van der Waals surface area (Å²) in [6.07, 6.45) is 3.08. The number of para-hydroxylation sites is 1. The largest absolute Gasteiger partial charge is 0.370 e. The van der Waals surface area contributed by atoms with Crippen LogP contribution in [0.4, 0.5) is 17.1 Å². The van der Waals surface area contributed by atoms with Gasteiger partial charge in [-0.05, 0) is 74.5 Å². The van der Waals surface area contributed by atoms with Gasteiger partial charge in [0.1, 0.15) is 5.65 Å². The molecule has 0 bridgehead atoms. The molecule has 2 N–H and O–H groups in total. The topological polar surface area (TPSA) is 47.2 Å².